The van der Waals surface area contributed by atoms with E-state index < -0.39 is 10.0 Å². The first kappa shape index (κ1) is 22.3. The average molecular weight is 431 g/mol. The Balaban J connectivity index is 1.63. The number of rotatable bonds is 7. The van der Waals surface area contributed by atoms with Crippen LogP contribution in [0, 0.1) is 13.8 Å². The van der Waals surface area contributed by atoms with E-state index in [0.717, 1.165) is 36.8 Å². The number of benzene rings is 2. The van der Waals surface area contributed by atoms with E-state index in [9.17, 15) is 13.2 Å². The highest BCUT2D eigenvalue weighted by molar-refractivity contribution is 7.89. The molecule has 1 fully saturated rings. The minimum Gasteiger partial charge on any atom is -0.483 e. The summed E-state index contributed by atoms with van der Waals surface area (Å²) >= 11 is 0. The Morgan fingerprint density at radius 1 is 1.10 bits per heavy atom. The second-order valence-electron chi connectivity index (χ2n) is 7.76. The van der Waals surface area contributed by atoms with E-state index in [-0.39, 0.29) is 23.5 Å². The third-order valence-electron chi connectivity index (χ3n) is 5.55. The number of para-hydroxylation sites is 1. The molecular weight excluding hydrogens is 400 g/mol. The normalized spacial score (nSPS) is 17.5. The van der Waals surface area contributed by atoms with Crippen LogP contribution in [0.2, 0.25) is 0 Å². The zero-order valence-corrected chi connectivity index (χ0v) is 18.7. The largest absolute Gasteiger partial charge is 0.483 e. The maximum atomic E-state index is 13.0. The zero-order valence-electron chi connectivity index (χ0n) is 17.8. The van der Waals surface area contributed by atoms with Crippen molar-refractivity contribution in [3.8, 4) is 5.75 Å². The number of sulfonamides is 1. The smallest absolute Gasteiger partial charge is 0.262 e. The van der Waals surface area contributed by atoms with Gasteiger partial charge < -0.3 is 10.1 Å². The number of carbonyl (C=O) groups excluding carboxylic acids is 1. The van der Waals surface area contributed by atoms with Gasteiger partial charge in [0.1, 0.15) is 5.75 Å². The summed E-state index contributed by atoms with van der Waals surface area (Å²) in [6.07, 6.45) is 3.68. The van der Waals surface area contributed by atoms with Gasteiger partial charge in [0.25, 0.3) is 5.91 Å². The standard InChI is InChI=1S/C23H30N2O4S/c1-4-20-10-5-6-15-25(20)30(27,28)21-13-11-19(12-14-21)24-22(26)16-29-23-17(2)8-7-9-18(23)3/h7-9,11-14,20H,4-6,10,15-16H2,1-3H3,(H,24,26)/t20-/m0/s1. The molecule has 2 aromatic carbocycles. The molecule has 7 heteroatoms. The number of hydrogen-bond donors (Lipinski definition) is 1. The van der Waals surface area contributed by atoms with Gasteiger partial charge in [0, 0.05) is 18.3 Å². The quantitative estimate of drug-likeness (QED) is 0.712. The van der Waals surface area contributed by atoms with Gasteiger partial charge in [0.05, 0.1) is 4.90 Å². The minimum absolute atomic E-state index is 0.0604. The molecule has 1 aliphatic rings. The number of hydrogen-bond acceptors (Lipinski definition) is 4. The number of nitrogens with one attached hydrogen (secondary N) is 1. The fraction of sp³-hybridized carbons (Fsp3) is 0.435. The first-order chi connectivity index (χ1) is 14.3. The molecule has 0 spiro atoms. The topological polar surface area (TPSA) is 75.7 Å². The van der Waals surface area contributed by atoms with Crippen molar-refractivity contribution in [1.29, 1.82) is 0 Å². The summed E-state index contributed by atoms with van der Waals surface area (Å²) in [6.45, 7) is 6.35. The maximum absolute atomic E-state index is 13.0. The number of piperidine rings is 1. The van der Waals surface area contributed by atoms with Gasteiger partial charge in [-0.1, -0.05) is 31.5 Å². The van der Waals surface area contributed by atoms with Crippen molar-refractivity contribution >= 4 is 21.6 Å². The molecule has 1 saturated heterocycles. The van der Waals surface area contributed by atoms with E-state index in [0.29, 0.717) is 18.0 Å². The number of amides is 1. The lowest BCUT2D eigenvalue weighted by Crippen LogP contribution is -2.43. The fourth-order valence-electron chi connectivity index (χ4n) is 3.91. The molecule has 6 nitrogen and oxygen atoms in total. The van der Waals surface area contributed by atoms with Gasteiger partial charge in [-0.05, 0) is 68.5 Å². The Kier molecular flexibility index (Phi) is 7.15. The van der Waals surface area contributed by atoms with E-state index in [1.54, 1.807) is 28.6 Å². The third kappa shape index (κ3) is 5.02. The van der Waals surface area contributed by atoms with Gasteiger partial charge >= 0.3 is 0 Å². The molecule has 1 aliphatic heterocycles. The molecule has 2 aromatic rings. The molecule has 162 valence electrons. The molecule has 0 unspecified atom stereocenters. The maximum Gasteiger partial charge on any atom is 0.262 e. The van der Waals surface area contributed by atoms with Crippen LogP contribution in [0.25, 0.3) is 0 Å². The van der Waals surface area contributed by atoms with Crippen LogP contribution >= 0.6 is 0 Å². The second-order valence-corrected chi connectivity index (χ2v) is 9.65. The van der Waals surface area contributed by atoms with Crippen LogP contribution in [0.3, 0.4) is 0 Å². The van der Waals surface area contributed by atoms with Crippen LogP contribution in [0.1, 0.15) is 43.7 Å². The number of aryl methyl sites for hydroxylation is 2. The lowest BCUT2D eigenvalue weighted by molar-refractivity contribution is -0.118. The summed E-state index contributed by atoms with van der Waals surface area (Å²) in [5.74, 6) is 0.413. The molecule has 1 N–H and O–H groups in total. The van der Waals surface area contributed by atoms with E-state index >= 15 is 0 Å². The molecule has 0 aliphatic carbocycles. The van der Waals surface area contributed by atoms with Crippen LogP contribution < -0.4 is 10.1 Å². The van der Waals surface area contributed by atoms with E-state index in [4.69, 9.17) is 4.74 Å². The molecule has 1 heterocycles. The highest BCUT2D eigenvalue weighted by atomic mass is 32.2. The highest BCUT2D eigenvalue weighted by Crippen LogP contribution is 2.27. The summed E-state index contributed by atoms with van der Waals surface area (Å²) in [5, 5.41) is 2.76. The van der Waals surface area contributed by atoms with E-state index in [1.807, 2.05) is 39.0 Å². The number of nitrogens with zero attached hydrogens (tertiary/aromatic N) is 1. The molecule has 30 heavy (non-hydrogen) atoms. The summed E-state index contributed by atoms with van der Waals surface area (Å²) in [6, 6.07) is 12.2. The summed E-state index contributed by atoms with van der Waals surface area (Å²) < 4.78 is 33.4. The minimum atomic E-state index is -3.53. The molecule has 0 aromatic heterocycles. The van der Waals surface area contributed by atoms with Crippen molar-refractivity contribution in [2.24, 2.45) is 0 Å². The van der Waals surface area contributed by atoms with Crippen LogP contribution in [-0.2, 0) is 14.8 Å². The van der Waals surface area contributed by atoms with Gasteiger partial charge in [-0.2, -0.15) is 4.31 Å². The predicted molar refractivity (Wildman–Crippen MR) is 118 cm³/mol. The lowest BCUT2D eigenvalue weighted by Gasteiger charge is -2.34. The number of ether oxygens (including phenoxy) is 1. The Morgan fingerprint density at radius 2 is 1.77 bits per heavy atom. The van der Waals surface area contributed by atoms with E-state index in [2.05, 4.69) is 5.32 Å². The Labute approximate surface area is 179 Å². The third-order valence-corrected chi connectivity index (χ3v) is 7.51. The molecule has 0 saturated carbocycles. The highest BCUT2D eigenvalue weighted by Gasteiger charge is 2.32. The summed E-state index contributed by atoms with van der Waals surface area (Å²) in [4.78, 5) is 12.5. The van der Waals surface area contributed by atoms with Crippen LogP contribution in [0.15, 0.2) is 47.4 Å². The van der Waals surface area contributed by atoms with Crippen molar-refractivity contribution in [2.45, 2.75) is 57.4 Å². The molecule has 0 bridgehead atoms. The number of carbonyl (C=O) groups is 1. The van der Waals surface area contributed by atoms with Crippen LogP contribution in [0.4, 0.5) is 5.69 Å². The van der Waals surface area contributed by atoms with Gasteiger partial charge in [0.15, 0.2) is 6.61 Å². The van der Waals surface area contributed by atoms with Gasteiger partial charge in [-0.15, -0.1) is 0 Å². The Hall–Kier alpha value is -2.38. The Morgan fingerprint density at radius 3 is 2.40 bits per heavy atom. The second kappa shape index (κ2) is 9.62. The fourth-order valence-corrected chi connectivity index (χ4v) is 5.67. The molecule has 0 radical (unpaired) electrons. The van der Waals surface area contributed by atoms with Crippen molar-refractivity contribution in [3.63, 3.8) is 0 Å². The van der Waals surface area contributed by atoms with Crippen molar-refractivity contribution in [2.75, 3.05) is 18.5 Å². The van der Waals surface area contributed by atoms with Gasteiger partial charge in [0.2, 0.25) is 10.0 Å². The lowest BCUT2D eigenvalue weighted by atomic mass is 10.0. The monoisotopic (exact) mass is 430 g/mol. The van der Waals surface area contributed by atoms with Crippen molar-refractivity contribution in [1.82, 2.24) is 4.31 Å². The molecular formula is C23H30N2O4S. The van der Waals surface area contributed by atoms with Crippen LogP contribution in [-0.4, -0.2) is 37.8 Å². The van der Waals surface area contributed by atoms with Crippen LogP contribution in [0.5, 0.6) is 5.75 Å². The SMILES string of the molecule is CC[C@H]1CCCCN1S(=O)(=O)c1ccc(NC(=O)COc2c(C)cccc2C)cc1. The first-order valence-electron chi connectivity index (χ1n) is 10.4. The molecule has 1 atom stereocenters. The van der Waals surface area contributed by atoms with Crippen molar-refractivity contribution in [3.05, 3.63) is 53.6 Å². The molecule has 3 rings (SSSR count). The zero-order chi connectivity index (χ0) is 21.7. The predicted octanol–water partition coefficient (Wildman–Crippen LogP) is 4.27. The Bertz CT molecular complexity index is 967. The number of anilines is 1. The average Bonchev–Trinajstić information content (AvgIpc) is 2.73. The van der Waals surface area contributed by atoms with E-state index in [1.165, 1.54) is 0 Å². The summed E-state index contributed by atoms with van der Waals surface area (Å²) in [7, 11) is -3.53. The first-order valence-corrected chi connectivity index (χ1v) is 11.9. The van der Waals surface area contributed by atoms with Gasteiger partial charge in [-0.25, -0.2) is 8.42 Å². The summed E-state index contributed by atoms with van der Waals surface area (Å²) in [5.41, 5.74) is 2.48. The van der Waals surface area contributed by atoms with Gasteiger partial charge in [-0.3, -0.25) is 4.79 Å². The molecule has 1 amide bonds. The van der Waals surface area contributed by atoms with Crippen molar-refractivity contribution < 1.29 is 17.9 Å².